The van der Waals surface area contributed by atoms with Crippen molar-refractivity contribution in [3.63, 3.8) is 0 Å². The van der Waals surface area contributed by atoms with Gasteiger partial charge in [-0.1, -0.05) is 12.1 Å². The first-order chi connectivity index (χ1) is 11.3. The molecule has 1 aliphatic heterocycles. The molecule has 1 aromatic carbocycles. The van der Waals surface area contributed by atoms with Gasteiger partial charge in [0.05, 0.1) is 0 Å². The zero-order valence-corrected chi connectivity index (χ0v) is 16.1. The van der Waals surface area contributed by atoms with Crippen molar-refractivity contribution >= 4 is 54.8 Å². The Morgan fingerprint density at radius 1 is 1.13 bits per heavy atom. The number of aromatic nitrogens is 2. The van der Waals surface area contributed by atoms with Crippen LogP contribution in [0.4, 0.5) is 10.2 Å². The minimum absolute atomic E-state index is 0.0352. The van der Waals surface area contributed by atoms with Gasteiger partial charge in [0.15, 0.2) is 5.82 Å². The van der Waals surface area contributed by atoms with E-state index in [0.717, 1.165) is 37.4 Å². The molecule has 1 aliphatic rings. The molecule has 112 valence electrons. The predicted octanol–water partition coefficient (Wildman–Crippen LogP) is 2.14. The summed E-state index contributed by atoms with van der Waals surface area (Å²) in [5.41, 5.74) is 0.722. The first-order valence-corrected chi connectivity index (χ1v) is 9.25. The normalized spacial score (nSPS) is 15.0. The molecule has 6 heteroatoms. The van der Waals surface area contributed by atoms with E-state index in [1.54, 1.807) is 18.2 Å². The number of ether oxygens (including phenoxy) is 1. The Morgan fingerprint density at radius 2 is 1.91 bits per heavy atom. The standard InChI is InChI=1S/C17H15FN3O.K/c1-2-13-7-8-17(20-19-13)21-11-9-14(10-12-21)22-16-6-4-3-5-15(16)18;/h3-8,14H,9-12H2;. The Hall–Kier alpha value is -0.974. The molecule has 0 radical (unpaired) electrons. The average Bonchev–Trinajstić information content (AvgIpc) is 2.59. The summed E-state index contributed by atoms with van der Waals surface area (Å²) in [6.45, 7) is 1.64. The molecule has 23 heavy (non-hydrogen) atoms. The topological polar surface area (TPSA) is 38.2 Å². The Bertz CT molecular complexity index is 719. The van der Waals surface area contributed by atoms with Gasteiger partial charge in [-0.2, -0.15) is 0 Å². The van der Waals surface area contributed by atoms with Crippen molar-refractivity contribution in [2.75, 3.05) is 18.0 Å². The van der Waals surface area contributed by atoms with Crippen LogP contribution in [0.15, 0.2) is 36.4 Å². The number of nitrogens with zero attached hydrogens (tertiary/aromatic N) is 3. The fourth-order valence-corrected chi connectivity index (χ4v) is 3.01. The van der Waals surface area contributed by atoms with Crippen molar-refractivity contribution in [3.05, 3.63) is 47.9 Å². The van der Waals surface area contributed by atoms with Crippen LogP contribution >= 0.6 is 0 Å². The van der Waals surface area contributed by atoms with Gasteiger partial charge in [-0.05, 0) is 12.1 Å². The average molecular weight is 335 g/mol. The van der Waals surface area contributed by atoms with E-state index in [0.29, 0.717) is 54.7 Å². The Morgan fingerprint density at radius 3 is 2.57 bits per heavy atom. The number of hydrogen-bond donors (Lipinski definition) is 0. The van der Waals surface area contributed by atoms with Crippen LogP contribution in [-0.2, 0) is 0 Å². The van der Waals surface area contributed by atoms with Crippen LogP contribution in [0.5, 0.6) is 5.75 Å². The molecule has 0 atom stereocenters. The number of benzene rings is 1. The molecular formula is C17H15FKN3O. The van der Waals surface area contributed by atoms with Gasteiger partial charge in [0.2, 0.25) is 0 Å². The summed E-state index contributed by atoms with van der Waals surface area (Å²) < 4.78 is 22.4. The molecule has 1 fully saturated rings. The number of anilines is 1. The van der Waals surface area contributed by atoms with Crippen LogP contribution in [0, 0.1) is 11.8 Å². The first kappa shape index (κ1) is 16.9. The molecule has 0 unspecified atom stereocenters. The number of rotatable bonds is 3. The van der Waals surface area contributed by atoms with Crippen molar-refractivity contribution in [2.45, 2.75) is 18.9 Å². The van der Waals surface area contributed by atoms with Crippen molar-refractivity contribution < 1.29 is 9.13 Å². The van der Waals surface area contributed by atoms with Crippen LogP contribution in [-0.4, -0.2) is 78.3 Å². The second kappa shape index (κ2) is 8.22. The number of hydrogen-bond acceptors (Lipinski definition) is 4. The molecule has 0 bridgehead atoms. The summed E-state index contributed by atoms with van der Waals surface area (Å²) in [5.74, 6) is 3.85. The molecule has 0 saturated carbocycles. The van der Waals surface area contributed by atoms with Crippen LogP contribution in [0.2, 0.25) is 0 Å². The third kappa shape index (κ3) is 4.52. The zero-order chi connectivity index (χ0) is 16.1. The molecular weight excluding hydrogens is 320 g/mol. The summed E-state index contributed by atoms with van der Waals surface area (Å²) in [7, 11) is 0. The van der Waals surface area contributed by atoms with Gasteiger partial charge in [-0.3, -0.25) is 0 Å². The Kier molecular flexibility index (Phi) is 6.03. The Balaban J connectivity index is 1.57. The molecule has 0 amide bonds. The third-order valence-electron chi connectivity index (χ3n) is 3.80. The van der Waals surface area contributed by atoms with Crippen LogP contribution in [0.25, 0.3) is 0 Å². The number of piperidine rings is 1. The second-order valence-corrected chi connectivity index (χ2v) is 6.17. The monoisotopic (exact) mass is 335 g/mol. The van der Waals surface area contributed by atoms with E-state index in [1.807, 2.05) is 12.1 Å². The van der Waals surface area contributed by atoms with E-state index in [9.17, 15) is 4.39 Å². The SMILES string of the molecule is Fc1ccccc1OC1CCN(c2ccc(C#[C][K])nn2)CC1. The van der Waals surface area contributed by atoms with E-state index in [1.165, 1.54) is 6.07 Å². The summed E-state index contributed by atoms with van der Waals surface area (Å²) in [6.07, 6.45) is 1.70. The van der Waals surface area contributed by atoms with Gasteiger partial charge in [-0.15, -0.1) is 0 Å². The van der Waals surface area contributed by atoms with Crippen molar-refractivity contribution in [1.29, 1.82) is 0 Å². The van der Waals surface area contributed by atoms with Gasteiger partial charge in [0.1, 0.15) is 0 Å². The van der Waals surface area contributed by atoms with Gasteiger partial charge in [0.25, 0.3) is 0 Å². The van der Waals surface area contributed by atoms with Crippen LogP contribution < -0.4 is 9.64 Å². The van der Waals surface area contributed by atoms with Crippen LogP contribution in [0.1, 0.15) is 18.5 Å². The van der Waals surface area contributed by atoms with Gasteiger partial charge >= 0.3 is 136 Å². The first-order valence-electron chi connectivity index (χ1n) is 7.69. The third-order valence-corrected chi connectivity index (χ3v) is 4.19. The fraction of sp³-hybridized carbons (Fsp3) is 0.294. The van der Waals surface area contributed by atoms with Crippen LogP contribution in [0.3, 0.4) is 0 Å². The summed E-state index contributed by atoms with van der Waals surface area (Å²) >= 11 is 0.507. The summed E-state index contributed by atoms with van der Waals surface area (Å²) in [5, 5.41) is 8.36. The van der Waals surface area contributed by atoms with Crippen molar-refractivity contribution in [3.8, 4) is 11.7 Å². The van der Waals surface area contributed by atoms with E-state index in [2.05, 4.69) is 21.0 Å². The zero-order valence-electron chi connectivity index (χ0n) is 13.0. The second-order valence-electron chi connectivity index (χ2n) is 5.39. The van der Waals surface area contributed by atoms with Gasteiger partial charge in [0, 0.05) is 0 Å². The number of para-hydroxylation sites is 1. The molecule has 3 rings (SSSR count). The summed E-state index contributed by atoms with van der Waals surface area (Å²) in [6, 6.07) is 10.4. The molecule has 2 heterocycles. The molecule has 4 nitrogen and oxygen atoms in total. The molecule has 0 N–H and O–H groups in total. The molecule has 0 aliphatic carbocycles. The van der Waals surface area contributed by atoms with Crippen molar-refractivity contribution in [2.24, 2.45) is 0 Å². The maximum atomic E-state index is 13.6. The predicted molar refractivity (Wildman–Crippen MR) is 86.9 cm³/mol. The van der Waals surface area contributed by atoms with Crippen molar-refractivity contribution in [1.82, 2.24) is 10.2 Å². The molecule has 0 spiro atoms. The quantitative estimate of drug-likeness (QED) is 0.636. The maximum absolute atomic E-state index is 13.6. The fourth-order valence-electron chi connectivity index (χ4n) is 2.61. The Labute approximate surface area is 169 Å². The van der Waals surface area contributed by atoms with E-state index in [4.69, 9.17) is 4.74 Å². The van der Waals surface area contributed by atoms with E-state index >= 15 is 0 Å². The molecule has 2 aromatic rings. The molecule has 1 saturated heterocycles. The number of halogens is 1. The van der Waals surface area contributed by atoms with Gasteiger partial charge < -0.3 is 0 Å². The van der Waals surface area contributed by atoms with E-state index < -0.39 is 0 Å². The minimum atomic E-state index is -0.308. The summed E-state index contributed by atoms with van der Waals surface area (Å²) in [4.78, 5) is 2.18. The van der Waals surface area contributed by atoms with Gasteiger partial charge in [-0.25, -0.2) is 4.39 Å². The van der Waals surface area contributed by atoms with E-state index in [-0.39, 0.29) is 11.9 Å². The molecule has 1 aromatic heterocycles.